The van der Waals surface area contributed by atoms with Crippen LogP contribution in [0.15, 0.2) is 36.5 Å². The molecule has 0 saturated carbocycles. The lowest BCUT2D eigenvalue weighted by Crippen LogP contribution is -2.21. The van der Waals surface area contributed by atoms with Crippen LogP contribution in [0.2, 0.25) is 0 Å². The number of benzene rings is 1. The molecular weight excluding hydrogens is 232 g/mol. The van der Waals surface area contributed by atoms with Crippen LogP contribution in [0.4, 0.5) is 0 Å². The van der Waals surface area contributed by atoms with Gasteiger partial charge in [-0.15, -0.1) is 0 Å². The number of hydrogen-bond donors (Lipinski definition) is 1. The summed E-state index contributed by atoms with van der Waals surface area (Å²) in [4.78, 5) is 4.61. The standard InChI is InChI=1S/C17H22N2/c1-5-14-9-7-11-19-16(14)17(18-4)15-10-6-8-12(2)13(15)3/h6-11,17-18H,5H2,1-4H3. The summed E-state index contributed by atoms with van der Waals surface area (Å²) < 4.78 is 0. The van der Waals surface area contributed by atoms with Gasteiger partial charge in [0.25, 0.3) is 0 Å². The van der Waals surface area contributed by atoms with Gasteiger partial charge in [0.15, 0.2) is 0 Å². The van der Waals surface area contributed by atoms with E-state index in [2.05, 4.69) is 55.3 Å². The van der Waals surface area contributed by atoms with Crippen LogP contribution in [-0.2, 0) is 6.42 Å². The highest BCUT2D eigenvalue weighted by Gasteiger charge is 2.18. The van der Waals surface area contributed by atoms with E-state index in [1.807, 2.05) is 19.3 Å². The summed E-state index contributed by atoms with van der Waals surface area (Å²) in [6, 6.07) is 10.8. The van der Waals surface area contributed by atoms with Crippen molar-refractivity contribution in [1.29, 1.82) is 0 Å². The molecule has 2 heteroatoms. The van der Waals surface area contributed by atoms with Gasteiger partial charge in [-0.2, -0.15) is 0 Å². The van der Waals surface area contributed by atoms with E-state index in [0.29, 0.717) is 0 Å². The van der Waals surface area contributed by atoms with Gasteiger partial charge in [-0.1, -0.05) is 31.2 Å². The molecule has 0 spiro atoms. The Kier molecular flexibility index (Phi) is 4.33. The number of aryl methyl sites for hydroxylation is 2. The maximum Gasteiger partial charge on any atom is 0.0754 e. The summed E-state index contributed by atoms with van der Waals surface area (Å²) in [6.45, 7) is 6.52. The van der Waals surface area contributed by atoms with Crippen molar-refractivity contribution in [1.82, 2.24) is 10.3 Å². The Labute approximate surface area is 115 Å². The van der Waals surface area contributed by atoms with Crippen LogP contribution in [-0.4, -0.2) is 12.0 Å². The van der Waals surface area contributed by atoms with E-state index in [4.69, 9.17) is 0 Å². The quantitative estimate of drug-likeness (QED) is 0.902. The number of rotatable bonds is 4. The van der Waals surface area contributed by atoms with Crippen LogP contribution in [0.3, 0.4) is 0 Å². The predicted octanol–water partition coefficient (Wildman–Crippen LogP) is 3.57. The minimum atomic E-state index is 0.163. The summed E-state index contributed by atoms with van der Waals surface area (Å²) in [5, 5.41) is 3.41. The molecule has 0 saturated heterocycles. The van der Waals surface area contributed by atoms with E-state index in [-0.39, 0.29) is 6.04 Å². The number of pyridine rings is 1. The Balaban J connectivity index is 2.53. The highest BCUT2D eigenvalue weighted by molar-refractivity contribution is 5.40. The molecule has 0 bridgehead atoms. The summed E-state index contributed by atoms with van der Waals surface area (Å²) in [5.41, 5.74) is 6.43. The summed E-state index contributed by atoms with van der Waals surface area (Å²) >= 11 is 0. The molecule has 1 aromatic heterocycles. The lowest BCUT2D eigenvalue weighted by atomic mass is 9.93. The van der Waals surface area contributed by atoms with Gasteiger partial charge in [-0.3, -0.25) is 4.98 Å². The minimum absolute atomic E-state index is 0.163. The van der Waals surface area contributed by atoms with Crippen LogP contribution >= 0.6 is 0 Å². The number of aromatic nitrogens is 1. The number of nitrogens with zero attached hydrogens (tertiary/aromatic N) is 1. The molecule has 19 heavy (non-hydrogen) atoms. The average Bonchev–Trinajstić information content (AvgIpc) is 2.45. The van der Waals surface area contributed by atoms with Crippen molar-refractivity contribution in [3.63, 3.8) is 0 Å². The monoisotopic (exact) mass is 254 g/mol. The predicted molar refractivity (Wildman–Crippen MR) is 80.4 cm³/mol. The van der Waals surface area contributed by atoms with Crippen molar-refractivity contribution in [2.24, 2.45) is 0 Å². The average molecular weight is 254 g/mol. The van der Waals surface area contributed by atoms with Crippen LogP contribution in [0.1, 0.15) is 40.9 Å². The Bertz CT molecular complexity index is 561. The normalized spacial score (nSPS) is 12.4. The SMILES string of the molecule is CCc1cccnc1C(NC)c1cccc(C)c1C. The molecule has 2 rings (SSSR count). The first-order valence-corrected chi connectivity index (χ1v) is 6.86. The van der Waals surface area contributed by atoms with Crippen molar-refractivity contribution in [2.75, 3.05) is 7.05 Å². The molecule has 2 nitrogen and oxygen atoms in total. The fourth-order valence-electron chi connectivity index (χ4n) is 2.54. The second-order valence-electron chi connectivity index (χ2n) is 4.91. The van der Waals surface area contributed by atoms with Gasteiger partial charge < -0.3 is 5.32 Å². The maximum atomic E-state index is 4.61. The van der Waals surface area contributed by atoms with Gasteiger partial charge in [0.05, 0.1) is 11.7 Å². The van der Waals surface area contributed by atoms with E-state index in [1.165, 1.54) is 22.3 Å². The van der Waals surface area contributed by atoms with E-state index >= 15 is 0 Å². The molecule has 0 fully saturated rings. The molecule has 1 unspecified atom stereocenters. The fraction of sp³-hybridized carbons (Fsp3) is 0.353. The summed E-state index contributed by atoms with van der Waals surface area (Å²) in [6.07, 6.45) is 2.89. The van der Waals surface area contributed by atoms with Crippen LogP contribution < -0.4 is 5.32 Å². The van der Waals surface area contributed by atoms with Gasteiger partial charge in [0.2, 0.25) is 0 Å². The lowest BCUT2D eigenvalue weighted by molar-refractivity contribution is 0.657. The molecule has 2 aromatic rings. The summed E-state index contributed by atoms with van der Waals surface area (Å²) in [5.74, 6) is 0. The summed E-state index contributed by atoms with van der Waals surface area (Å²) in [7, 11) is 2.00. The van der Waals surface area contributed by atoms with Crippen LogP contribution in [0.5, 0.6) is 0 Å². The molecule has 1 N–H and O–H groups in total. The second kappa shape index (κ2) is 5.98. The minimum Gasteiger partial charge on any atom is -0.308 e. The van der Waals surface area contributed by atoms with Crippen molar-refractivity contribution in [3.05, 3.63) is 64.5 Å². The van der Waals surface area contributed by atoms with E-state index in [1.54, 1.807) is 0 Å². The maximum absolute atomic E-state index is 4.61. The number of nitrogens with one attached hydrogen (secondary N) is 1. The van der Waals surface area contributed by atoms with Crippen LogP contribution in [0, 0.1) is 13.8 Å². The molecule has 1 atom stereocenters. The fourth-order valence-corrected chi connectivity index (χ4v) is 2.54. The topological polar surface area (TPSA) is 24.9 Å². The van der Waals surface area contributed by atoms with Crippen molar-refractivity contribution in [3.8, 4) is 0 Å². The van der Waals surface area contributed by atoms with Gasteiger partial charge in [0, 0.05) is 6.20 Å². The van der Waals surface area contributed by atoms with Crippen LogP contribution in [0.25, 0.3) is 0 Å². The zero-order valence-electron chi connectivity index (χ0n) is 12.2. The first kappa shape index (κ1) is 13.8. The zero-order chi connectivity index (χ0) is 13.8. The van der Waals surface area contributed by atoms with Gasteiger partial charge in [-0.25, -0.2) is 0 Å². The van der Waals surface area contributed by atoms with Crippen molar-refractivity contribution in [2.45, 2.75) is 33.2 Å². The first-order valence-electron chi connectivity index (χ1n) is 6.86. The van der Waals surface area contributed by atoms with E-state index < -0.39 is 0 Å². The molecule has 0 radical (unpaired) electrons. The molecule has 0 aliphatic rings. The molecule has 0 amide bonds. The Morgan fingerprint density at radius 2 is 1.95 bits per heavy atom. The van der Waals surface area contributed by atoms with Crippen molar-refractivity contribution >= 4 is 0 Å². The largest absolute Gasteiger partial charge is 0.308 e. The Morgan fingerprint density at radius 3 is 2.63 bits per heavy atom. The van der Waals surface area contributed by atoms with Gasteiger partial charge in [0.1, 0.15) is 0 Å². The highest BCUT2D eigenvalue weighted by Crippen LogP contribution is 2.27. The molecule has 1 heterocycles. The third kappa shape index (κ3) is 2.69. The molecule has 100 valence electrons. The van der Waals surface area contributed by atoms with Gasteiger partial charge in [-0.05, 0) is 55.6 Å². The Hall–Kier alpha value is -1.67. The second-order valence-corrected chi connectivity index (χ2v) is 4.91. The smallest absolute Gasteiger partial charge is 0.0754 e. The molecular formula is C17H22N2. The Morgan fingerprint density at radius 1 is 1.16 bits per heavy atom. The zero-order valence-corrected chi connectivity index (χ0v) is 12.2. The molecule has 0 aliphatic carbocycles. The third-order valence-electron chi connectivity index (χ3n) is 3.83. The van der Waals surface area contributed by atoms with E-state index in [0.717, 1.165) is 12.1 Å². The van der Waals surface area contributed by atoms with E-state index in [9.17, 15) is 0 Å². The molecule has 1 aromatic carbocycles. The third-order valence-corrected chi connectivity index (χ3v) is 3.83. The first-order chi connectivity index (χ1) is 9.19. The number of hydrogen-bond acceptors (Lipinski definition) is 2. The van der Waals surface area contributed by atoms with Gasteiger partial charge >= 0.3 is 0 Å². The van der Waals surface area contributed by atoms with Crippen molar-refractivity contribution < 1.29 is 0 Å². The molecule has 0 aliphatic heterocycles. The highest BCUT2D eigenvalue weighted by atomic mass is 14.9. The lowest BCUT2D eigenvalue weighted by Gasteiger charge is -2.21.